The minimum atomic E-state index is -1.08. The third-order valence-electron chi connectivity index (χ3n) is 5.41. The number of aromatic nitrogens is 1. The number of anilines is 1. The number of rotatable bonds is 8. The van der Waals surface area contributed by atoms with E-state index < -0.39 is 57.8 Å². The van der Waals surface area contributed by atoms with Crippen molar-refractivity contribution < 1.29 is 32.6 Å². The van der Waals surface area contributed by atoms with Gasteiger partial charge in [0, 0.05) is 39.4 Å². The molecule has 1 aliphatic heterocycles. The predicted molar refractivity (Wildman–Crippen MR) is 124 cm³/mol. The summed E-state index contributed by atoms with van der Waals surface area (Å²) in [5.74, 6) is -4.77. The fraction of sp³-hybridized carbons (Fsp3) is 0.391. The van der Waals surface area contributed by atoms with Crippen molar-refractivity contribution in [3.63, 3.8) is 0 Å². The second kappa shape index (κ2) is 11.1. The number of amides is 1. The molecule has 10 nitrogen and oxygen atoms in total. The Morgan fingerprint density at radius 3 is 2.54 bits per heavy atom. The van der Waals surface area contributed by atoms with E-state index in [1.807, 2.05) is 0 Å². The first-order valence-electron chi connectivity index (χ1n) is 10.9. The fourth-order valence-electron chi connectivity index (χ4n) is 3.72. The molecule has 0 saturated carbocycles. The van der Waals surface area contributed by atoms with Crippen LogP contribution in [0.1, 0.15) is 23.7 Å². The van der Waals surface area contributed by atoms with Crippen molar-refractivity contribution in [1.29, 1.82) is 0 Å². The molecule has 35 heavy (non-hydrogen) atoms. The summed E-state index contributed by atoms with van der Waals surface area (Å²) in [6.45, 7) is 6.41. The van der Waals surface area contributed by atoms with Gasteiger partial charge in [0.1, 0.15) is 35.6 Å². The maximum absolute atomic E-state index is 15.9. The maximum atomic E-state index is 15.9. The molecule has 1 amide bonds. The third-order valence-corrected chi connectivity index (χ3v) is 5.41. The van der Waals surface area contributed by atoms with E-state index >= 15 is 8.78 Å². The molecule has 12 heteroatoms. The van der Waals surface area contributed by atoms with E-state index in [0.29, 0.717) is 26.2 Å². The minimum absolute atomic E-state index is 0.0507. The van der Waals surface area contributed by atoms with Crippen LogP contribution in [0.25, 0.3) is 10.9 Å². The van der Waals surface area contributed by atoms with E-state index in [9.17, 15) is 19.2 Å². The van der Waals surface area contributed by atoms with Crippen LogP contribution >= 0.6 is 0 Å². The Bertz CT molecular complexity index is 1220. The van der Waals surface area contributed by atoms with Crippen LogP contribution in [-0.4, -0.2) is 69.0 Å². The molecular formula is C23H26F2N4O6. The number of esters is 2. The van der Waals surface area contributed by atoms with Gasteiger partial charge in [0.15, 0.2) is 5.82 Å². The van der Waals surface area contributed by atoms with Crippen molar-refractivity contribution in [3.05, 3.63) is 52.3 Å². The van der Waals surface area contributed by atoms with Crippen molar-refractivity contribution in [3.8, 4) is 0 Å². The molecule has 188 valence electrons. The Hall–Kier alpha value is -3.80. The molecular weight excluding hydrogens is 466 g/mol. The Kier molecular flexibility index (Phi) is 8.18. The SMILES string of the molecule is C=CCOC(=O)CC(=O)N(C)n1cc(C(=O)OCC)c(=O)c2cc(F)c(N3CCNCC3)c(F)c21. The summed E-state index contributed by atoms with van der Waals surface area (Å²) in [6, 6.07) is 0.841. The molecule has 0 spiro atoms. The first-order valence-corrected chi connectivity index (χ1v) is 10.9. The Labute approximate surface area is 199 Å². The zero-order valence-electron chi connectivity index (χ0n) is 19.4. The molecule has 2 aromatic rings. The van der Waals surface area contributed by atoms with Gasteiger partial charge in [-0.1, -0.05) is 12.7 Å². The van der Waals surface area contributed by atoms with Crippen LogP contribution in [0.5, 0.6) is 0 Å². The highest BCUT2D eigenvalue weighted by Gasteiger charge is 2.28. The lowest BCUT2D eigenvalue weighted by Crippen LogP contribution is -2.44. The van der Waals surface area contributed by atoms with Gasteiger partial charge < -0.3 is 19.7 Å². The molecule has 0 aliphatic carbocycles. The lowest BCUT2D eigenvalue weighted by molar-refractivity contribution is -0.145. The zero-order valence-corrected chi connectivity index (χ0v) is 19.4. The van der Waals surface area contributed by atoms with Gasteiger partial charge in [0.2, 0.25) is 5.43 Å². The third kappa shape index (κ3) is 5.32. The first-order chi connectivity index (χ1) is 16.7. The van der Waals surface area contributed by atoms with Crippen LogP contribution in [0, 0.1) is 11.6 Å². The quantitative estimate of drug-likeness (QED) is 0.331. The number of carbonyl (C=O) groups is 3. The van der Waals surface area contributed by atoms with E-state index in [-0.39, 0.29) is 18.9 Å². The molecule has 1 N–H and O–H groups in total. The number of ether oxygens (including phenoxy) is 2. The Morgan fingerprint density at radius 2 is 1.91 bits per heavy atom. The number of pyridine rings is 1. The summed E-state index contributed by atoms with van der Waals surface area (Å²) >= 11 is 0. The second-order valence-corrected chi connectivity index (χ2v) is 7.66. The molecule has 1 fully saturated rings. The standard InChI is InChI=1S/C23H26F2N4O6/c1-4-10-35-18(31)12-17(30)27(3)29-13-15(23(33)34-5-2)22(32)14-11-16(24)21(19(25)20(14)29)28-8-6-26-7-9-28/h4,11,13,26H,1,5-10,12H2,2-3H3. The average molecular weight is 492 g/mol. The lowest BCUT2D eigenvalue weighted by atomic mass is 10.1. The van der Waals surface area contributed by atoms with E-state index in [2.05, 4.69) is 11.9 Å². The van der Waals surface area contributed by atoms with Gasteiger partial charge in [0.25, 0.3) is 5.91 Å². The Morgan fingerprint density at radius 1 is 1.23 bits per heavy atom. The Balaban J connectivity index is 2.21. The number of nitrogens with zero attached hydrogens (tertiary/aromatic N) is 3. The van der Waals surface area contributed by atoms with Crippen molar-refractivity contribution >= 4 is 34.4 Å². The van der Waals surface area contributed by atoms with Crippen LogP contribution in [0.4, 0.5) is 14.5 Å². The predicted octanol–water partition coefficient (Wildman–Crippen LogP) is 1.08. The van der Waals surface area contributed by atoms with Gasteiger partial charge in [0.05, 0.1) is 12.0 Å². The van der Waals surface area contributed by atoms with E-state index in [1.54, 1.807) is 0 Å². The number of benzene rings is 1. The molecule has 0 unspecified atom stereocenters. The van der Waals surface area contributed by atoms with Crippen LogP contribution < -0.4 is 20.7 Å². The van der Waals surface area contributed by atoms with Gasteiger partial charge >= 0.3 is 11.9 Å². The number of carbonyl (C=O) groups excluding carboxylic acids is 3. The first kappa shape index (κ1) is 25.8. The van der Waals surface area contributed by atoms with E-state index in [4.69, 9.17) is 9.47 Å². The van der Waals surface area contributed by atoms with Crippen molar-refractivity contribution in [1.82, 2.24) is 9.99 Å². The number of halogens is 2. The number of nitrogens with one attached hydrogen (secondary N) is 1. The van der Waals surface area contributed by atoms with Gasteiger partial charge in [-0.3, -0.25) is 24.1 Å². The second-order valence-electron chi connectivity index (χ2n) is 7.66. The lowest BCUT2D eigenvalue weighted by Gasteiger charge is -2.31. The van der Waals surface area contributed by atoms with Crippen LogP contribution in [0.3, 0.4) is 0 Å². The fourth-order valence-corrected chi connectivity index (χ4v) is 3.72. The smallest absolute Gasteiger partial charge is 0.343 e. The van der Waals surface area contributed by atoms with Crippen LogP contribution in [0.15, 0.2) is 29.7 Å². The molecule has 1 saturated heterocycles. The summed E-state index contributed by atoms with van der Waals surface area (Å²) in [7, 11) is 1.22. The largest absolute Gasteiger partial charge is 0.462 e. The molecule has 1 aromatic carbocycles. The average Bonchev–Trinajstić information content (AvgIpc) is 2.83. The van der Waals surface area contributed by atoms with E-state index in [0.717, 1.165) is 21.9 Å². The highest BCUT2D eigenvalue weighted by atomic mass is 19.1. The number of hydrogen-bond acceptors (Lipinski definition) is 8. The van der Waals surface area contributed by atoms with Crippen molar-refractivity contribution in [2.75, 3.05) is 56.3 Å². The highest BCUT2D eigenvalue weighted by Crippen LogP contribution is 2.30. The summed E-state index contributed by atoms with van der Waals surface area (Å²) in [6.07, 6.45) is 1.56. The highest BCUT2D eigenvalue weighted by molar-refractivity contribution is 6.01. The van der Waals surface area contributed by atoms with Crippen molar-refractivity contribution in [2.24, 2.45) is 0 Å². The topological polar surface area (TPSA) is 110 Å². The van der Waals surface area contributed by atoms with Gasteiger partial charge in [-0.2, -0.15) is 0 Å². The normalized spacial score (nSPS) is 13.4. The summed E-state index contributed by atoms with van der Waals surface area (Å²) < 4.78 is 41.6. The maximum Gasteiger partial charge on any atom is 0.343 e. The summed E-state index contributed by atoms with van der Waals surface area (Å²) in [4.78, 5) is 51.6. The molecule has 3 rings (SSSR count). The molecule has 1 aromatic heterocycles. The van der Waals surface area contributed by atoms with Crippen molar-refractivity contribution in [2.45, 2.75) is 13.3 Å². The summed E-state index contributed by atoms with van der Waals surface area (Å²) in [5.41, 5.74) is -2.26. The monoisotopic (exact) mass is 492 g/mol. The minimum Gasteiger partial charge on any atom is -0.462 e. The van der Waals surface area contributed by atoms with E-state index in [1.165, 1.54) is 24.9 Å². The molecule has 0 atom stereocenters. The van der Waals surface area contributed by atoms with Gasteiger partial charge in [-0.25, -0.2) is 13.6 Å². The molecule has 1 aliphatic rings. The number of hydrogen-bond donors (Lipinski definition) is 1. The zero-order chi connectivity index (χ0) is 25.7. The van der Waals surface area contributed by atoms with Gasteiger partial charge in [-0.15, -0.1) is 0 Å². The molecule has 0 bridgehead atoms. The molecule has 0 radical (unpaired) electrons. The van der Waals surface area contributed by atoms with Gasteiger partial charge in [-0.05, 0) is 13.0 Å². The number of piperazine rings is 1. The molecule has 2 heterocycles. The van der Waals surface area contributed by atoms with Crippen LogP contribution in [-0.2, 0) is 19.1 Å². The van der Waals surface area contributed by atoms with Crippen LogP contribution in [0.2, 0.25) is 0 Å². The number of fused-ring (bicyclic) bond motifs is 1. The summed E-state index contributed by atoms with van der Waals surface area (Å²) in [5, 5.41) is 3.47.